The average molecular weight is 291 g/mol. The Hall–Kier alpha value is -1.35. The van der Waals surface area contributed by atoms with Gasteiger partial charge >= 0.3 is 0 Å². The normalized spacial score (nSPS) is 11.4. The van der Waals surface area contributed by atoms with Crippen molar-refractivity contribution in [2.24, 2.45) is 0 Å². The summed E-state index contributed by atoms with van der Waals surface area (Å²) < 4.78 is 4.94. The van der Waals surface area contributed by atoms with Gasteiger partial charge in [-0.2, -0.15) is 0 Å². The predicted octanol–water partition coefficient (Wildman–Crippen LogP) is 3.46. The van der Waals surface area contributed by atoms with Crippen LogP contribution in [0.15, 0.2) is 24.3 Å². The number of methoxy groups -OCH3 is 1. The van der Waals surface area contributed by atoms with Crippen molar-refractivity contribution in [2.75, 3.05) is 20.3 Å². The van der Waals surface area contributed by atoms with Crippen LogP contribution in [0.2, 0.25) is 0 Å². The molecule has 118 valence electrons. The zero-order chi connectivity index (χ0) is 15.7. The second-order valence-corrected chi connectivity index (χ2v) is 6.50. The number of hydrogen-bond donors (Lipinski definition) is 1. The van der Waals surface area contributed by atoms with Crippen LogP contribution in [-0.4, -0.2) is 26.2 Å². The minimum Gasteiger partial charge on any atom is -0.385 e. The highest BCUT2D eigenvalue weighted by Crippen LogP contribution is 2.22. The first-order valence-corrected chi connectivity index (χ1v) is 7.78. The minimum absolute atomic E-state index is 0.136. The van der Waals surface area contributed by atoms with Crippen molar-refractivity contribution in [3.63, 3.8) is 0 Å². The molecule has 0 spiro atoms. The first kappa shape index (κ1) is 17.7. The SMILES string of the molecule is COCCCNC(=O)CCCc1ccc(C(C)(C)C)cc1. The molecule has 0 aromatic heterocycles. The van der Waals surface area contributed by atoms with Gasteiger partial charge in [0.2, 0.25) is 5.91 Å². The van der Waals surface area contributed by atoms with Gasteiger partial charge in [0.25, 0.3) is 0 Å². The van der Waals surface area contributed by atoms with E-state index in [4.69, 9.17) is 4.74 Å². The number of amides is 1. The van der Waals surface area contributed by atoms with E-state index in [0.29, 0.717) is 19.6 Å². The molecule has 0 aliphatic carbocycles. The van der Waals surface area contributed by atoms with Gasteiger partial charge < -0.3 is 10.1 Å². The molecule has 1 rings (SSSR count). The molecular weight excluding hydrogens is 262 g/mol. The van der Waals surface area contributed by atoms with Gasteiger partial charge in [0, 0.05) is 26.7 Å². The van der Waals surface area contributed by atoms with Gasteiger partial charge in [-0.1, -0.05) is 45.0 Å². The molecule has 3 nitrogen and oxygen atoms in total. The Labute approximate surface area is 129 Å². The second-order valence-electron chi connectivity index (χ2n) is 6.50. The van der Waals surface area contributed by atoms with Crippen LogP contribution in [0.4, 0.5) is 0 Å². The van der Waals surface area contributed by atoms with Crippen molar-refractivity contribution in [2.45, 2.75) is 51.9 Å². The summed E-state index contributed by atoms with van der Waals surface area (Å²) in [5.74, 6) is 0.136. The molecule has 0 aliphatic heterocycles. The quantitative estimate of drug-likeness (QED) is 0.745. The summed E-state index contributed by atoms with van der Waals surface area (Å²) in [6.45, 7) is 8.05. The van der Waals surface area contributed by atoms with Crippen LogP contribution >= 0.6 is 0 Å². The van der Waals surface area contributed by atoms with Crippen molar-refractivity contribution in [3.8, 4) is 0 Å². The van der Waals surface area contributed by atoms with E-state index in [0.717, 1.165) is 19.3 Å². The van der Waals surface area contributed by atoms with E-state index in [1.807, 2.05) is 0 Å². The molecular formula is C18H29NO2. The van der Waals surface area contributed by atoms with Gasteiger partial charge in [0.1, 0.15) is 0 Å². The van der Waals surface area contributed by atoms with Crippen LogP contribution in [0, 0.1) is 0 Å². The maximum atomic E-state index is 11.6. The van der Waals surface area contributed by atoms with Gasteiger partial charge in [-0.15, -0.1) is 0 Å². The highest BCUT2D eigenvalue weighted by molar-refractivity contribution is 5.75. The standard InChI is InChI=1S/C18H29NO2/c1-18(2,3)16-11-9-15(10-12-16)7-5-8-17(20)19-13-6-14-21-4/h9-12H,5-8,13-14H2,1-4H3,(H,19,20). The van der Waals surface area contributed by atoms with Gasteiger partial charge in [0.15, 0.2) is 0 Å². The van der Waals surface area contributed by atoms with E-state index in [1.165, 1.54) is 11.1 Å². The van der Waals surface area contributed by atoms with Crippen molar-refractivity contribution in [3.05, 3.63) is 35.4 Å². The molecule has 0 saturated carbocycles. The van der Waals surface area contributed by atoms with Crippen LogP contribution in [0.25, 0.3) is 0 Å². The third-order valence-corrected chi connectivity index (χ3v) is 3.54. The summed E-state index contributed by atoms with van der Waals surface area (Å²) >= 11 is 0. The Balaban J connectivity index is 2.25. The number of benzene rings is 1. The van der Waals surface area contributed by atoms with Gasteiger partial charge in [-0.25, -0.2) is 0 Å². The monoisotopic (exact) mass is 291 g/mol. The lowest BCUT2D eigenvalue weighted by Crippen LogP contribution is -2.24. The third-order valence-electron chi connectivity index (χ3n) is 3.54. The summed E-state index contributed by atoms with van der Waals surface area (Å²) in [5, 5.41) is 2.91. The molecule has 1 aromatic carbocycles. The fourth-order valence-corrected chi connectivity index (χ4v) is 2.16. The summed E-state index contributed by atoms with van der Waals surface area (Å²) in [4.78, 5) is 11.6. The number of nitrogens with one attached hydrogen (secondary N) is 1. The molecule has 0 bridgehead atoms. The Morgan fingerprint density at radius 2 is 1.81 bits per heavy atom. The second kappa shape index (κ2) is 8.83. The molecule has 3 heteroatoms. The molecule has 0 radical (unpaired) electrons. The Kier molecular flexibility index (Phi) is 7.44. The Morgan fingerprint density at radius 1 is 1.14 bits per heavy atom. The number of rotatable bonds is 8. The van der Waals surface area contributed by atoms with Crippen LogP contribution in [0.5, 0.6) is 0 Å². The maximum absolute atomic E-state index is 11.6. The van der Waals surface area contributed by atoms with Crippen LogP contribution in [0.1, 0.15) is 51.2 Å². The van der Waals surface area contributed by atoms with Crippen molar-refractivity contribution < 1.29 is 9.53 Å². The third kappa shape index (κ3) is 7.28. The lowest BCUT2D eigenvalue weighted by atomic mass is 9.86. The molecule has 0 unspecified atom stereocenters. The van der Waals surface area contributed by atoms with Crippen molar-refractivity contribution in [1.29, 1.82) is 0 Å². The molecule has 1 amide bonds. The first-order valence-electron chi connectivity index (χ1n) is 7.78. The molecule has 1 aromatic rings. The van der Waals surface area contributed by atoms with Gasteiger partial charge in [-0.05, 0) is 35.8 Å². The van der Waals surface area contributed by atoms with Crippen LogP contribution in [0.3, 0.4) is 0 Å². The van der Waals surface area contributed by atoms with Gasteiger partial charge in [-0.3, -0.25) is 4.79 Å². The summed E-state index contributed by atoms with van der Waals surface area (Å²) in [5.41, 5.74) is 2.85. The van der Waals surface area contributed by atoms with Gasteiger partial charge in [0.05, 0.1) is 0 Å². The number of ether oxygens (including phenoxy) is 1. The molecule has 0 fully saturated rings. The minimum atomic E-state index is 0.136. The Morgan fingerprint density at radius 3 is 2.38 bits per heavy atom. The van der Waals surface area contributed by atoms with E-state index in [-0.39, 0.29) is 11.3 Å². The highest BCUT2D eigenvalue weighted by atomic mass is 16.5. The lowest BCUT2D eigenvalue weighted by Gasteiger charge is -2.19. The summed E-state index contributed by atoms with van der Waals surface area (Å²) in [6, 6.07) is 8.74. The number of carbonyl (C=O) groups is 1. The van der Waals surface area contributed by atoms with Crippen LogP contribution in [-0.2, 0) is 21.4 Å². The zero-order valence-corrected chi connectivity index (χ0v) is 13.9. The highest BCUT2D eigenvalue weighted by Gasteiger charge is 2.12. The van der Waals surface area contributed by atoms with Crippen molar-refractivity contribution >= 4 is 5.91 Å². The lowest BCUT2D eigenvalue weighted by molar-refractivity contribution is -0.121. The van der Waals surface area contributed by atoms with Crippen LogP contribution < -0.4 is 5.32 Å². The topological polar surface area (TPSA) is 38.3 Å². The number of hydrogen-bond acceptors (Lipinski definition) is 2. The summed E-state index contributed by atoms with van der Waals surface area (Å²) in [7, 11) is 1.67. The molecule has 0 aliphatic rings. The van der Waals surface area contributed by atoms with E-state index < -0.39 is 0 Å². The maximum Gasteiger partial charge on any atom is 0.220 e. The fourth-order valence-electron chi connectivity index (χ4n) is 2.16. The molecule has 0 saturated heterocycles. The van der Waals surface area contributed by atoms with E-state index in [2.05, 4.69) is 50.4 Å². The molecule has 0 atom stereocenters. The molecule has 21 heavy (non-hydrogen) atoms. The van der Waals surface area contributed by atoms with Crippen molar-refractivity contribution in [1.82, 2.24) is 5.32 Å². The fraction of sp³-hybridized carbons (Fsp3) is 0.611. The number of aryl methyl sites for hydroxylation is 1. The smallest absolute Gasteiger partial charge is 0.220 e. The van der Waals surface area contributed by atoms with E-state index in [9.17, 15) is 4.79 Å². The Bertz CT molecular complexity index is 418. The molecule has 1 N–H and O–H groups in total. The van der Waals surface area contributed by atoms with E-state index in [1.54, 1.807) is 7.11 Å². The first-order chi connectivity index (χ1) is 9.93. The zero-order valence-electron chi connectivity index (χ0n) is 13.9. The predicted molar refractivity (Wildman–Crippen MR) is 87.6 cm³/mol. The average Bonchev–Trinajstić information content (AvgIpc) is 2.43. The summed E-state index contributed by atoms with van der Waals surface area (Å²) in [6.07, 6.45) is 3.31. The largest absolute Gasteiger partial charge is 0.385 e. The molecule has 0 heterocycles. The van der Waals surface area contributed by atoms with E-state index >= 15 is 0 Å². The number of carbonyl (C=O) groups excluding carboxylic acids is 1.